The van der Waals surface area contributed by atoms with Crippen LogP contribution in [0.1, 0.15) is 5.82 Å². The zero-order valence-electron chi connectivity index (χ0n) is 15.6. The van der Waals surface area contributed by atoms with Crippen molar-refractivity contribution >= 4 is 22.8 Å². The largest absolute Gasteiger partial charge is 0.508 e. The molecule has 0 fully saturated rings. The van der Waals surface area contributed by atoms with Crippen molar-refractivity contribution in [2.45, 2.75) is 13.5 Å². The van der Waals surface area contributed by atoms with Gasteiger partial charge in [0.05, 0.1) is 6.20 Å². The Labute approximate surface area is 161 Å². The molecule has 0 spiro atoms. The van der Waals surface area contributed by atoms with Crippen molar-refractivity contribution in [2.24, 2.45) is 0 Å². The number of hydrogen-bond donors (Lipinski definition) is 1. The van der Waals surface area contributed by atoms with Crippen molar-refractivity contribution in [2.75, 3.05) is 11.9 Å². The first-order valence-electron chi connectivity index (χ1n) is 8.84. The Morgan fingerprint density at radius 2 is 1.79 bits per heavy atom. The van der Waals surface area contributed by atoms with E-state index in [1.807, 2.05) is 37.3 Å². The Balaban J connectivity index is 1.68. The fourth-order valence-corrected chi connectivity index (χ4v) is 3.01. The lowest BCUT2D eigenvalue weighted by Gasteiger charge is -2.18. The van der Waals surface area contributed by atoms with E-state index in [-0.39, 0.29) is 18.2 Å². The van der Waals surface area contributed by atoms with Crippen molar-refractivity contribution in [3.8, 4) is 17.1 Å². The quantitative estimate of drug-likeness (QED) is 0.594. The minimum Gasteiger partial charge on any atom is -0.508 e. The summed E-state index contributed by atoms with van der Waals surface area (Å²) in [5.41, 5.74) is 2.84. The molecule has 2 aromatic heterocycles. The molecule has 0 unspecified atom stereocenters. The number of phenols is 1. The standard InChI is InChI=1S/C21H19N5O2/c1-14-23-18-12-22-20(15-8-10-17(27)11-9-15)24-21(18)26(14)13-19(28)25(2)16-6-4-3-5-7-16/h3-12,27H,13H2,1-2H3. The highest BCUT2D eigenvalue weighted by Gasteiger charge is 2.17. The Morgan fingerprint density at radius 1 is 1.07 bits per heavy atom. The van der Waals surface area contributed by atoms with E-state index in [1.165, 1.54) is 0 Å². The highest BCUT2D eigenvalue weighted by molar-refractivity contribution is 5.93. The Morgan fingerprint density at radius 3 is 2.50 bits per heavy atom. The van der Waals surface area contributed by atoms with Gasteiger partial charge in [0.2, 0.25) is 5.91 Å². The molecule has 28 heavy (non-hydrogen) atoms. The number of anilines is 1. The number of benzene rings is 2. The van der Waals surface area contributed by atoms with E-state index in [2.05, 4.69) is 15.0 Å². The lowest BCUT2D eigenvalue weighted by Crippen LogP contribution is -2.30. The molecule has 140 valence electrons. The number of phenolic OH excluding ortho intramolecular Hbond substituents is 1. The fourth-order valence-electron chi connectivity index (χ4n) is 3.01. The van der Waals surface area contributed by atoms with E-state index in [9.17, 15) is 9.90 Å². The summed E-state index contributed by atoms with van der Waals surface area (Å²) in [7, 11) is 1.75. The number of carbonyl (C=O) groups excluding carboxylic acids is 1. The first-order chi connectivity index (χ1) is 13.5. The van der Waals surface area contributed by atoms with Crippen LogP contribution < -0.4 is 4.90 Å². The molecule has 0 radical (unpaired) electrons. The van der Waals surface area contributed by atoms with Crippen LogP contribution in [0, 0.1) is 6.92 Å². The van der Waals surface area contributed by atoms with Crippen LogP contribution in [0.2, 0.25) is 0 Å². The number of hydrogen-bond acceptors (Lipinski definition) is 5. The third-order valence-electron chi connectivity index (χ3n) is 4.62. The lowest BCUT2D eigenvalue weighted by atomic mass is 10.2. The molecule has 7 nitrogen and oxygen atoms in total. The van der Waals surface area contributed by atoms with Crippen LogP contribution in [0.4, 0.5) is 5.69 Å². The Bertz CT molecular complexity index is 1140. The molecule has 0 saturated heterocycles. The van der Waals surface area contributed by atoms with Crippen molar-refractivity contribution in [1.29, 1.82) is 0 Å². The molecule has 0 saturated carbocycles. The van der Waals surface area contributed by atoms with Gasteiger partial charge in [-0.1, -0.05) is 18.2 Å². The number of aromatic nitrogens is 4. The van der Waals surface area contributed by atoms with Crippen LogP contribution in [0.25, 0.3) is 22.6 Å². The van der Waals surface area contributed by atoms with Crippen molar-refractivity contribution in [3.63, 3.8) is 0 Å². The molecule has 7 heteroatoms. The van der Waals surface area contributed by atoms with Gasteiger partial charge in [-0.3, -0.25) is 4.79 Å². The van der Waals surface area contributed by atoms with E-state index in [1.54, 1.807) is 47.0 Å². The van der Waals surface area contributed by atoms with E-state index < -0.39 is 0 Å². The van der Waals surface area contributed by atoms with Gasteiger partial charge in [0, 0.05) is 18.3 Å². The monoisotopic (exact) mass is 373 g/mol. The number of rotatable bonds is 4. The smallest absolute Gasteiger partial charge is 0.246 e. The number of aryl methyl sites for hydroxylation is 1. The number of fused-ring (bicyclic) bond motifs is 1. The third-order valence-corrected chi connectivity index (χ3v) is 4.62. The zero-order chi connectivity index (χ0) is 19.7. The van der Waals surface area contributed by atoms with E-state index in [0.29, 0.717) is 22.8 Å². The summed E-state index contributed by atoms with van der Waals surface area (Å²) in [6.07, 6.45) is 1.65. The second-order valence-corrected chi connectivity index (χ2v) is 6.48. The van der Waals surface area contributed by atoms with Gasteiger partial charge in [-0.2, -0.15) is 0 Å². The van der Waals surface area contributed by atoms with Crippen LogP contribution in [0.5, 0.6) is 5.75 Å². The summed E-state index contributed by atoms with van der Waals surface area (Å²) < 4.78 is 1.79. The summed E-state index contributed by atoms with van der Waals surface area (Å²) in [5.74, 6) is 1.32. The molecule has 4 aromatic rings. The van der Waals surface area contributed by atoms with E-state index >= 15 is 0 Å². The van der Waals surface area contributed by atoms with Gasteiger partial charge in [-0.15, -0.1) is 0 Å². The van der Waals surface area contributed by atoms with Gasteiger partial charge in [0.1, 0.15) is 23.6 Å². The van der Waals surface area contributed by atoms with Gasteiger partial charge in [0.25, 0.3) is 0 Å². The molecule has 0 bridgehead atoms. The van der Waals surface area contributed by atoms with Crippen LogP contribution in [-0.4, -0.2) is 37.6 Å². The summed E-state index contributed by atoms with van der Waals surface area (Å²) >= 11 is 0. The summed E-state index contributed by atoms with van der Waals surface area (Å²) in [6.45, 7) is 1.97. The summed E-state index contributed by atoms with van der Waals surface area (Å²) in [4.78, 5) is 27.9. The fraction of sp³-hybridized carbons (Fsp3) is 0.143. The summed E-state index contributed by atoms with van der Waals surface area (Å²) in [5, 5.41) is 9.47. The normalized spacial score (nSPS) is 10.9. The number of nitrogens with zero attached hydrogens (tertiary/aromatic N) is 5. The minimum atomic E-state index is -0.0709. The van der Waals surface area contributed by atoms with Crippen molar-refractivity contribution < 1.29 is 9.90 Å². The van der Waals surface area contributed by atoms with Gasteiger partial charge in [0.15, 0.2) is 11.5 Å². The lowest BCUT2D eigenvalue weighted by molar-refractivity contribution is -0.118. The highest BCUT2D eigenvalue weighted by Crippen LogP contribution is 2.22. The first kappa shape index (κ1) is 17.7. The van der Waals surface area contributed by atoms with E-state index in [0.717, 1.165) is 11.3 Å². The average Bonchev–Trinajstić information content (AvgIpc) is 3.03. The molecule has 1 amide bonds. The molecule has 4 rings (SSSR count). The first-order valence-corrected chi connectivity index (χ1v) is 8.84. The minimum absolute atomic E-state index is 0.0709. The number of para-hydroxylation sites is 1. The Kier molecular flexibility index (Phi) is 4.49. The van der Waals surface area contributed by atoms with E-state index in [4.69, 9.17) is 0 Å². The number of amides is 1. The number of aromatic hydroxyl groups is 1. The van der Waals surface area contributed by atoms with Crippen LogP contribution in [0.15, 0.2) is 60.8 Å². The third kappa shape index (κ3) is 3.29. The predicted octanol–water partition coefficient (Wildman–Crippen LogP) is 3.17. The molecule has 0 atom stereocenters. The Hall–Kier alpha value is -3.74. The highest BCUT2D eigenvalue weighted by atomic mass is 16.3. The SMILES string of the molecule is Cc1nc2cnc(-c3ccc(O)cc3)nc2n1CC(=O)N(C)c1ccccc1. The number of imidazole rings is 1. The zero-order valence-corrected chi connectivity index (χ0v) is 15.6. The van der Waals surface area contributed by atoms with Gasteiger partial charge in [-0.05, 0) is 43.3 Å². The molecular formula is C21H19N5O2. The molecule has 1 N–H and O–H groups in total. The van der Waals surface area contributed by atoms with Crippen LogP contribution in [-0.2, 0) is 11.3 Å². The van der Waals surface area contributed by atoms with Crippen LogP contribution >= 0.6 is 0 Å². The molecular weight excluding hydrogens is 354 g/mol. The maximum absolute atomic E-state index is 12.8. The van der Waals surface area contributed by atoms with Gasteiger partial charge < -0.3 is 14.6 Å². The molecule has 2 heterocycles. The van der Waals surface area contributed by atoms with Gasteiger partial charge in [-0.25, -0.2) is 15.0 Å². The average molecular weight is 373 g/mol. The van der Waals surface area contributed by atoms with Crippen LogP contribution in [0.3, 0.4) is 0 Å². The van der Waals surface area contributed by atoms with Gasteiger partial charge >= 0.3 is 0 Å². The van der Waals surface area contributed by atoms with Crippen molar-refractivity contribution in [1.82, 2.24) is 19.5 Å². The topological polar surface area (TPSA) is 84.1 Å². The molecule has 2 aromatic carbocycles. The molecule has 0 aliphatic heterocycles. The maximum Gasteiger partial charge on any atom is 0.246 e. The van der Waals surface area contributed by atoms with Crippen molar-refractivity contribution in [3.05, 3.63) is 66.6 Å². The summed E-state index contributed by atoms with van der Waals surface area (Å²) in [6, 6.07) is 16.2. The second kappa shape index (κ2) is 7.11. The predicted molar refractivity (Wildman–Crippen MR) is 107 cm³/mol. The number of likely N-dealkylation sites (N-methyl/N-ethyl adjacent to an activating group) is 1. The maximum atomic E-state index is 12.8. The second-order valence-electron chi connectivity index (χ2n) is 6.48. The molecule has 0 aliphatic rings. The molecule has 0 aliphatic carbocycles. The number of carbonyl (C=O) groups is 1.